The molecule has 0 bridgehead atoms. The summed E-state index contributed by atoms with van der Waals surface area (Å²) in [7, 11) is 0. The van der Waals surface area contributed by atoms with Crippen LogP contribution >= 0.6 is 0 Å². The first-order valence-electron chi connectivity index (χ1n) is 7.14. The summed E-state index contributed by atoms with van der Waals surface area (Å²) in [5.41, 5.74) is -0.411. The van der Waals surface area contributed by atoms with Crippen LogP contribution in [0.3, 0.4) is 0 Å². The van der Waals surface area contributed by atoms with Crippen molar-refractivity contribution < 1.29 is 9.53 Å². The summed E-state index contributed by atoms with van der Waals surface area (Å²) >= 11 is 0. The summed E-state index contributed by atoms with van der Waals surface area (Å²) in [6, 6.07) is 0.739. The van der Waals surface area contributed by atoms with E-state index in [1.165, 1.54) is 25.7 Å². The van der Waals surface area contributed by atoms with E-state index in [-0.39, 0.29) is 6.09 Å². The number of alkyl carbamates (subject to hydrolysis) is 1. The van der Waals surface area contributed by atoms with Crippen LogP contribution in [-0.2, 0) is 4.74 Å². The maximum atomic E-state index is 11.6. The van der Waals surface area contributed by atoms with Crippen LogP contribution in [-0.4, -0.2) is 30.8 Å². The molecule has 4 heteroatoms. The van der Waals surface area contributed by atoms with Crippen molar-refractivity contribution in [2.24, 2.45) is 11.8 Å². The van der Waals surface area contributed by atoms with Crippen LogP contribution in [0.1, 0.15) is 46.5 Å². The number of hydrogen-bond acceptors (Lipinski definition) is 3. The van der Waals surface area contributed by atoms with Gasteiger partial charge in [0.1, 0.15) is 5.60 Å². The van der Waals surface area contributed by atoms with Crippen molar-refractivity contribution in [2.45, 2.75) is 58.1 Å². The lowest BCUT2D eigenvalue weighted by molar-refractivity contribution is 0.0512. The minimum Gasteiger partial charge on any atom is -0.444 e. The lowest BCUT2D eigenvalue weighted by Gasteiger charge is -2.33. The third kappa shape index (κ3) is 3.87. The van der Waals surface area contributed by atoms with Crippen molar-refractivity contribution in [2.75, 3.05) is 13.1 Å². The normalized spacial score (nSPS) is 31.8. The molecule has 3 atom stereocenters. The van der Waals surface area contributed by atoms with Crippen LogP contribution < -0.4 is 10.6 Å². The number of carbonyl (C=O) groups is 1. The second kappa shape index (κ2) is 5.47. The van der Waals surface area contributed by atoms with Crippen molar-refractivity contribution in [3.05, 3.63) is 0 Å². The molecule has 104 valence electrons. The van der Waals surface area contributed by atoms with Gasteiger partial charge in [0.25, 0.3) is 0 Å². The first-order valence-corrected chi connectivity index (χ1v) is 7.14. The molecule has 3 unspecified atom stereocenters. The third-order valence-corrected chi connectivity index (χ3v) is 3.90. The molecular weight excluding hydrogens is 228 g/mol. The zero-order valence-electron chi connectivity index (χ0n) is 11.8. The zero-order valence-corrected chi connectivity index (χ0v) is 11.8. The van der Waals surface area contributed by atoms with Gasteiger partial charge >= 0.3 is 6.09 Å². The maximum Gasteiger partial charge on any atom is 0.407 e. The highest BCUT2D eigenvalue weighted by Gasteiger charge is 2.33. The molecule has 0 aromatic rings. The van der Waals surface area contributed by atoms with Crippen molar-refractivity contribution >= 4 is 6.09 Å². The molecule has 1 heterocycles. The second-order valence-electron chi connectivity index (χ2n) is 6.69. The fraction of sp³-hybridized carbons (Fsp3) is 0.929. The lowest BCUT2D eigenvalue weighted by atomic mass is 9.86. The Morgan fingerprint density at radius 2 is 2.17 bits per heavy atom. The van der Waals surface area contributed by atoms with Crippen molar-refractivity contribution in [1.29, 1.82) is 0 Å². The highest BCUT2D eigenvalue weighted by molar-refractivity contribution is 5.67. The van der Waals surface area contributed by atoms with Crippen molar-refractivity contribution in [3.63, 3.8) is 0 Å². The molecule has 2 rings (SSSR count). The molecule has 0 aromatic heterocycles. The highest BCUT2D eigenvalue weighted by atomic mass is 16.6. The smallest absolute Gasteiger partial charge is 0.407 e. The van der Waals surface area contributed by atoms with Gasteiger partial charge < -0.3 is 15.4 Å². The third-order valence-electron chi connectivity index (χ3n) is 3.90. The van der Waals surface area contributed by atoms with Gasteiger partial charge in [-0.3, -0.25) is 0 Å². The molecular formula is C14H26N2O2. The van der Waals surface area contributed by atoms with Crippen LogP contribution in [0.25, 0.3) is 0 Å². The largest absolute Gasteiger partial charge is 0.444 e. The molecule has 1 saturated heterocycles. The number of carbonyl (C=O) groups excluding carboxylic acids is 1. The molecule has 2 aliphatic rings. The van der Waals surface area contributed by atoms with E-state index in [1.54, 1.807) is 0 Å². The number of fused-ring (bicyclic) bond motifs is 1. The van der Waals surface area contributed by atoms with E-state index in [0.29, 0.717) is 5.92 Å². The minimum absolute atomic E-state index is 0.295. The van der Waals surface area contributed by atoms with Crippen LogP contribution in [0.2, 0.25) is 0 Å². The van der Waals surface area contributed by atoms with Crippen LogP contribution in [0, 0.1) is 11.8 Å². The van der Waals surface area contributed by atoms with Gasteiger partial charge in [0, 0.05) is 12.6 Å². The van der Waals surface area contributed by atoms with E-state index >= 15 is 0 Å². The molecule has 2 fully saturated rings. The monoisotopic (exact) mass is 254 g/mol. The predicted octanol–water partition coefficient (Wildman–Crippen LogP) is 2.29. The van der Waals surface area contributed by atoms with E-state index in [1.807, 2.05) is 20.8 Å². The number of rotatable bonds is 2. The SMILES string of the molecule is CC(C)(C)OC(=O)NCC1CNC2CCCC2C1. The number of nitrogens with one attached hydrogen (secondary N) is 2. The summed E-state index contributed by atoms with van der Waals surface area (Å²) in [4.78, 5) is 11.6. The van der Waals surface area contributed by atoms with Gasteiger partial charge in [-0.15, -0.1) is 0 Å². The predicted molar refractivity (Wildman–Crippen MR) is 71.5 cm³/mol. The van der Waals surface area contributed by atoms with Gasteiger partial charge in [-0.1, -0.05) is 6.42 Å². The maximum absolute atomic E-state index is 11.6. The Bertz CT molecular complexity index is 299. The van der Waals surface area contributed by atoms with Crippen LogP contribution in [0.5, 0.6) is 0 Å². The fourth-order valence-corrected chi connectivity index (χ4v) is 3.11. The van der Waals surface area contributed by atoms with E-state index in [0.717, 1.165) is 25.0 Å². The van der Waals surface area contributed by atoms with Gasteiger partial charge in [-0.2, -0.15) is 0 Å². The molecule has 4 nitrogen and oxygen atoms in total. The average molecular weight is 254 g/mol. The first-order chi connectivity index (χ1) is 8.44. The van der Waals surface area contributed by atoms with Gasteiger partial charge in [0.15, 0.2) is 0 Å². The Balaban J connectivity index is 1.69. The molecule has 18 heavy (non-hydrogen) atoms. The zero-order chi connectivity index (χ0) is 13.2. The Labute approximate surface area is 110 Å². The molecule has 0 aromatic carbocycles. The minimum atomic E-state index is -0.411. The van der Waals surface area contributed by atoms with E-state index in [4.69, 9.17) is 4.74 Å². The molecule has 1 aliphatic carbocycles. The number of amides is 1. The molecule has 1 aliphatic heterocycles. The Morgan fingerprint density at radius 1 is 1.39 bits per heavy atom. The lowest BCUT2D eigenvalue weighted by Crippen LogP contribution is -2.46. The summed E-state index contributed by atoms with van der Waals surface area (Å²) in [5.74, 6) is 1.38. The summed E-state index contributed by atoms with van der Waals surface area (Å²) in [6.45, 7) is 7.41. The van der Waals surface area contributed by atoms with E-state index in [2.05, 4.69) is 10.6 Å². The topological polar surface area (TPSA) is 50.4 Å². The number of hydrogen-bond donors (Lipinski definition) is 2. The summed E-state index contributed by atoms with van der Waals surface area (Å²) in [6.07, 6.45) is 4.98. The molecule has 1 saturated carbocycles. The Hall–Kier alpha value is -0.770. The number of ether oxygens (including phenoxy) is 1. The van der Waals surface area contributed by atoms with Gasteiger partial charge in [0.05, 0.1) is 0 Å². The summed E-state index contributed by atoms with van der Waals surface area (Å²) in [5, 5.41) is 6.50. The molecule has 2 N–H and O–H groups in total. The number of piperidine rings is 1. The summed E-state index contributed by atoms with van der Waals surface area (Å²) < 4.78 is 5.24. The molecule has 1 amide bonds. The molecule has 0 radical (unpaired) electrons. The second-order valence-corrected chi connectivity index (χ2v) is 6.69. The van der Waals surface area contributed by atoms with Crippen molar-refractivity contribution in [3.8, 4) is 0 Å². The van der Waals surface area contributed by atoms with E-state index in [9.17, 15) is 4.79 Å². The Kier molecular flexibility index (Phi) is 4.15. The Morgan fingerprint density at radius 3 is 2.89 bits per heavy atom. The first kappa shape index (κ1) is 13.7. The van der Waals surface area contributed by atoms with Crippen LogP contribution in [0.4, 0.5) is 4.79 Å². The van der Waals surface area contributed by atoms with Gasteiger partial charge in [-0.05, 0) is 58.4 Å². The average Bonchev–Trinajstić information content (AvgIpc) is 2.71. The quantitative estimate of drug-likeness (QED) is 0.795. The fourth-order valence-electron chi connectivity index (χ4n) is 3.11. The standard InChI is InChI=1S/C14H26N2O2/c1-14(2,3)18-13(17)16-9-10-7-11-5-4-6-12(11)15-8-10/h10-12,15H,4-9H2,1-3H3,(H,16,17). The van der Waals surface area contributed by atoms with Crippen molar-refractivity contribution in [1.82, 2.24) is 10.6 Å². The van der Waals surface area contributed by atoms with Gasteiger partial charge in [-0.25, -0.2) is 4.79 Å². The van der Waals surface area contributed by atoms with Gasteiger partial charge in [0.2, 0.25) is 0 Å². The van der Waals surface area contributed by atoms with Crippen LogP contribution in [0.15, 0.2) is 0 Å². The highest BCUT2D eigenvalue weighted by Crippen LogP contribution is 2.33. The van der Waals surface area contributed by atoms with E-state index < -0.39 is 5.60 Å². The molecule has 0 spiro atoms.